The second kappa shape index (κ2) is 7.23. The number of nitro groups is 1. The molecule has 10 heteroatoms. The van der Waals surface area contributed by atoms with Crippen molar-refractivity contribution in [3.05, 3.63) is 28.3 Å². The van der Waals surface area contributed by atoms with Crippen LogP contribution in [0.3, 0.4) is 0 Å². The van der Waals surface area contributed by atoms with Gasteiger partial charge in [-0.25, -0.2) is 8.42 Å². The second-order valence-corrected chi connectivity index (χ2v) is 6.79. The van der Waals surface area contributed by atoms with Crippen LogP contribution >= 0.6 is 12.4 Å². The Morgan fingerprint density at radius 2 is 2.14 bits per heavy atom. The van der Waals surface area contributed by atoms with E-state index in [2.05, 4.69) is 0 Å². The van der Waals surface area contributed by atoms with Crippen molar-refractivity contribution in [1.29, 1.82) is 0 Å². The number of nitrogens with zero attached hydrogens (tertiary/aromatic N) is 2. The van der Waals surface area contributed by atoms with E-state index in [4.69, 9.17) is 10.5 Å². The summed E-state index contributed by atoms with van der Waals surface area (Å²) in [5.41, 5.74) is 5.41. The minimum absolute atomic E-state index is 0. The van der Waals surface area contributed by atoms with Crippen LogP contribution in [-0.4, -0.2) is 43.9 Å². The fourth-order valence-corrected chi connectivity index (χ4v) is 3.87. The summed E-state index contributed by atoms with van der Waals surface area (Å²) in [5.74, 6) is 0.0225. The number of nitrogens with two attached hydrogens (primary N) is 1. The molecule has 0 saturated carbocycles. The summed E-state index contributed by atoms with van der Waals surface area (Å²) in [6.07, 6.45) is 1.45. The number of methoxy groups -OCH3 is 1. The van der Waals surface area contributed by atoms with Crippen molar-refractivity contribution in [2.24, 2.45) is 5.73 Å². The van der Waals surface area contributed by atoms with Gasteiger partial charge in [0.1, 0.15) is 0 Å². The molecule has 2 rings (SSSR count). The average molecular weight is 352 g/mol. The Balaban J connectivity index is 0.00000242. The van der Waals surface area contributed by atoms with Gasteiger partial charge in [0.25, 0.3) is 0 Å². The number of piperidine rings is 1. The molecular formula is C12H18ClN3O5S. The Labute approximate surface area is 134 Å². The highest BCUT2D eigenvalue weighted by Gasteiger charge is 2.30. The zero-order chi connectivity index (χ0) is 15.6. The molecule has 2 N–H and O–H groups in total. The maximum absolute atomic E-state index is 12.5. The van der Waals surface area contributed by atoms with Crippen LogP contribution in [0.15, 0.2) is 23.1 Å². The van der Waals surface area contributed by atoms with E-state index in [9.17, 15) is 18.5 Å². The standard InChI is InChI=1S/C12H17N3O5S.ClH/c1-20-12-5-4-10(7-11(12)15(16)17)21(18,19)14-6-2-3-9(13)8-14;/h4-5,7,9H,2-3,6,8,13H2,1H3;1H/t9-;/m1./s1. The third-order valence-corrected chi connectivity index (χ3v) is 5.27. The Kier molecular flexibility index (Phi) is 6.12. The summed E-state index contributed by atoms with van der Waals surface area (Å²) >= 11 is 0. The largest absolute Gasteiger partial charge is 0.490 e. The van der Waals surface area contributed by atoms with Crippen molar-refractivity contribution >= 4 is 28.1 Å². The van der Waals surface area contributed by atoms with E-state index in [1.807, 2.05) is 0 Å². The third-order valence-electron chi connectivity index (χ3n) is 3.41. The summed E-state index contributed by atoms with van der Waals surface area (Å²) in [4.78, 5) is 10.2. The van der Waals surface area contributed by atoms with E-state index >= 15 is 0 Å². The lowest BCUT2D eigenvalue weighted by atomic mass is 10.1. The Morgan fingerprint density at radius 3 is 2.68 bits per heavy atom. The van der Waals surface area contributed by atoms with Crippen molar-refractivity contribution in [3.63, 3.8) is 0 Å². The van der Waals surface area contributed by atoms with Crippen molar-refractivity contribution < 1.29 is 18.1 Å². The van der Waals surface area contributed by atoms with Gasteiger partial charge in [-0.05, 0) is 25.0 Å². The lowest BCUT2D eigenvalue weighted by molar-refractivity contribution is -0.386. The molecule has 22 heavy (non-hydrogen) atoms. The van der Waals surface area contributed by atoms with E-state index in [0.717, 1.165) is 12.5 Å². The van der Waals surface area contributed by atoms with Gasteiger partial charge in [0.15, 0.2) is 5.75 Å². The van der Waals surface area contributed by atoms with Crippen molar-refractivity contribution in [1.82, 2.24) is 4.31 Å². The maximum atomic E-state index is 12.5. The molecule has 0 unspecified atom stereocenters. The first-order chi connectivity index (χ1) is 9.86. The Hall–Kier alpha value is -1.42. The molecule has 0 spiro atoms. The zero-order valence-electron chi connectivity index (χ0n) is 12.0. The predicted octanol–water partition coefficient (Wildman–Crippen LogP) is 1.14. The molecule has 1 saturated heterocycles. The number of hydrogen-bond donors (Lipinski definition) is 1. The monoisotopic (exact) mass is 351 g/mol. The summed E-state index contributed by atoms with van der Waals surface area (Å²) in [6.45, 7) is 0.595. The molecule has 1 aliphatic rings. The maximum Gasteiger partial charge on any atom is 0.312 e. The van der Waals surface area contributed by atoms with E-state index in [-0.39, 0.29) is 41.3 Å². The first-order valence-electron chi connectivity index (χ1n) is 6.44. The normalized spacial score (nSPS) is 19.3. The van der Waals surface area contributed by atoms with Crippen LogP contribution in [0.4, 0.5) is 5.69 Å². The van der Waals surface area contributed by atoms with E-state index in [1.165, 1.54) is 23.5 Å². The van der Waals surface area contributed by atoms with Crippen LogP contribution in [0.5, 0.6) is 5.75 Å². The SMILES string of the molecule is COc1ccc(S(=O)(=O)N2CCC[C@@H](N)C2)cc1[N+](=O)[O-].Cl. The highest BCUT2D eigenvalue weighted by Crippen LogP contribution is 2.31. The predicted molar refractivity (Wildman–Crippen MR) is 82.9 cm³/mol. The zero-order valence-corrected chi connectivity index (χ0v) is 13.6. The highest BCUT2D eigenvalue weighted by molar-refractivity contribution is 7.89. The minimum atomic E-state index is -3.78. The molecule has 0 radical (unpaired) electrons. The van der Waals surface area contributed by atoms with Gasteiger partial charge >= 0.3 is 5.69 Å². The molecule has 1 atom stereocenters. The average Bonchev–Trinajstić information content (AvgIpc) is 2.46. The third kappa shape index (κ3) is 3.67. The van der Waals surface area contributed by atoms with Gasteiger partial charge < -0.3 is 10.5 Å². The molecule has 1 aromatic rings. The fraction of sp³-hybridized carbons (Fsp3) is 0.500. The first-order valence-corrected chi connectivity index (χ1v) is 7.88. The second-order valence-electron chi connectivity index (χ2n) is 4.86. The van der Waals surface area contributed by atoms with Gasteiger partial charge in [-0.3, -0.25) is 10.1 Å². The summed E-state index contributed by atoms with van der Waals surface area (Å²) in [6, 6.07) is 3.41. The van der Waals surface area contributed by atoms with Gasteiger partial charge in [0.2, 0.25) is 10.0 Å². The van der Waals surface area contributed by atoms with Crippen molar-refractivity contribution in [2.75, 3.05) is 20.2 Å². The number of nitro benzene ring substituents is 1. The molecule has 1 heterocycles. The van der Waals surface area contributed by atoms with Crippen molar-refractivity contribution in [3.8, 4) is 5.75 Å². The summed E-state index contributed by atoms with van der Waals surface area (Å²) in [5, 5.41) is 11.0. The van der Waals surface area contributed by atoms with E-state index < -0.39 is 14.9 Å². The smallest absolute Gasteiger partial charge is 0.312 e. The molecule has 1 fully saturated rings. The molecule has 124 valence electrons. The molecule has 1 aliphatic heterocycles. The molecule has 0 bridgehead atoms. The molecule has 1 aromatic carbocycles. The topological polar surface area (TPSA) is 116 Å². The number of hydrogen-bond acceptors (Lipinski definition) is 6. The number of benzene rings is 1. The molecule has 0 aromatic heterocycles. The molecule has 0 aliphatic carbocycles. The summed E-state index contributed by atoms with van der Waals surface area (Å²) in [7, 11) is -2.49. The van der Waals surface area contributed by atoms with Crippen molar-refractivity contribution in [2.45, 2.75) is 23.8 Å². The molecular weight excluding hydrogens is 334 g/mol. The van der Waals surface area contributed by atoms with Crippen LogP contribution in [0.2, 0.25) is 0 Å². The number of sulfonamides is 1. The van der Waals surface area contributed by atoms with Gasteiger partial charge in [-0.1, -0.05) is 0 Å². The fourth-order valence-electron chi connectivity index (χ4n) is 2.31. The lowest BCUT2D eigenvalue weighted by Gasteiger charge is -2.29. The van der Waals surface area contributed by atoms with Gasteiger partial charge in [-0.2, -0.15) is 4.31 Å². The van der Waals surface area contributed by atoms with E-state index in [1.54, 1.807) is 0 Å². The van der Waals surface area contributed by atoms with Gasteiger partial charge in [0, 0.05) is 25.2 Å². The van der Waals surface area contributed by atoms with Crippen LogP contribution in [-0.2, 0) is 10.0 Å². The van der Waals surface area contributed by atoms with Crippen LogP contribution in [0.25, 0.3) is 0 Å². The molecule has 8 nitrogen and oxygen atoms in total. The quantitative estimate of drug-likeness (QED) is 0.642. The number of ether oxygens (including phenoxy) is 1. The van der Waals surface area contributed by atoms with Gasteiger partial charge in [-0.15, -0.1) is 12.4 Å². The van der Waals surface area contributed by atoms with Crippen LogP contribution in [0, 0.1) is 10.1 Å². The minimum Gasteiger partial charge on any atom is -0.490 e. The van der Waals surface area contributed by atoms with E-state index in [0.29, 0.717) is 13.0 Å². The number of halogens is 1. The summed E-state index contributed by atoms with van der Waals surface area (Å²) < 4.78 is 31.2. The number of rotatable bonds is 4. The lowest BCUT2D eigenvalue weighted by Crippen LogP contribution is -2.45. The highest BCUT2D eigenvalue weighted by atomic mass is 35.5. The van der Waals surface area contributed by atoms with Crippen LogP contribution < -0.4 is 10.5 Å². The Bertz CT molecular complexity index is 652. The molecule has 0 amide bonds. The first kappa shape index (κ1) is 18.6. The van der Waals surface area contributed by atoms with Crippen LogP contribution in [0.1, 0.15) is 12.8 Å². The van der Waals surface area contributed by atoms with Gasteiger partial charge in [0.05, 0.1) is 16.9 Å². The Morgan fingerprint density at radius 1 is 1.45 bits per heavy atom.